The van der Waals surface area contributed by atoms with E-state index in [2.05, 4.69) is 5.32 Å². The van der Waals surface area contributed by atoms with E-state index in [1.54, 1.807) is 0 Å². The van der Waals surface area contributed by atoms with E-state index in [0.29, 0.717) is 18.2 Å². The Morgan fingerprint density at radius 3 is 2.62 bits per heavy atom. The first kappa shape index (κ1) is 15.8. The van der Waals surface area contributed by atoms with Crippen molar-refractivity contribution in [3.8, 4) is 0 Å². The van der Waals surface area contributed by atoms with Gasteiger partial charge < -0.3 is 15.2 Å². The molecule has 2 rings (SSSR count). The number of para-hydroxylation sites is 1. The highest BCUT2D eigenvalue weighted by Gasteiger charge is 2.08. The molecule has 0 heterocycles. The zero-order chi connectivity index (χ0) is 15.1. The largest absolute Gasteiger partial charge is 0.389 e. The lowest BCUT2D eigenvalue weighted by Crippen LogP contribution is -2.25. The number of aryl methyl sites for hydroxylation is 1. The molecule has 0 aliphatic heterocycles. The maximum Gasteiger partial charge on any atom is 0.0945 e. The number of hydrogen-bond donors (Lipinski definition) is 2. The van der Waals surface area contributed by atoms with Crippen LogP contribution in [-0.4, -0.2) is 24.4 Å². The lowest BCUT2D eigenvalue weighted by molar-refractivity contribution is 0.0348. The lowest BCUT2D eigenvalue weighted by Gasteiger charge is -2.15. The fraction of sp³-hybridized carbons (Fsp3) is 0.294. The number of nitrogens with one attached hydrogen (secondary N) is 1. The van der Waals surface area contributed by atoms with E-state index in [-0.39, 0.29) is 6.61 Å². The van der Waals surface area contributed by atoms with Crippen molar-refractivity contribution < 1.29 is 9.84 Å². The normalized spacial score (nSPS) is 12.1. The summed E-state index contributed by atoms with van der Waals surface area (Å²) in [5.74, 6) is 0. The molecule has 0 saturated heterocycles. The minimum atomic E-state index is -0.579. The van der Waals surface area contributed by atoms with Gasteiger partial charge in [-0.2, -0.15) is 0 Å². The Bertz CT molecular complexity index is 540. The van der Waals surface area contributed by atoms with Crippen molar-refractivity contribution in [2.45, 2.75) is 19.6 Å². The Kier molecular flexibility index (Phi) is 6.05. The Labute approximate surface area is 130 Å². The number of hydrogen-bond acceptors (Lipinski definition) is 3. The summed E-state index contributed by atoms with van der Waals surface area (Å²) in [5, 5.41) is 13.8. The lowest BCUT2D eigenvalue weighted by atomic mass is 10.2. The van der Waals surface area contributed by atoms with Gasteiger partial charge >= 0.3 is 0 Å². The summed E-state index contributed by atoms with van der Waals surface area (Å²) in [5.41, 5.74) is 3.01. The zero-order valence-corrected chi connectivity index (χ0v) is 12.8. The third-order valence-electron chi connectivity index (χ3n) is 3.16. The molecule has 21 heavy (non-hydrogen) atoms. The number of aliphatic hydroxyl groups excluding tert-OH is 1. The van der Waals surface area contributed by atoms with Crippen LogP contribution in [0.2, 0.25) is 5.02 Å². The van der Waals surface area contributed by atoms with Gasteiger partial charge in [0.2, 0.25) is 0 Å². The highest BCUT2D eigenvalue weighted by atomic mass is 35.5. The fourth-order valence-electron chi connectivity index (χ4n) is 2.02. The van der Waals surface area contributed by atoms with Crippen molar-refractivity contribution in [3.05, 3.63) is 64.7 Å². The van der Waals surface area contributed by atoms with E-state index < -0.39 is 6.10 Å². The Morgan fingerprint density at radius 1 is 1.14 bits per heavy atom. The van der Waals surface area contributed by atoms with Gasteiger partial charge in [0.15, 0.2) is 0 Å². The van der Waals surface area contributed by atoms with Crippen LogP contribution in [0.3, 0.4) is 0 Å². The molecule has 0 amide bonds. The molecule has 2 aromatic carbocycles. The average molecular weight is 306 g/mol. The highest BCUT2D eigenvalue weighted by molar-refractivity contribution is 6.33. The van der Waals surface area contributed by atoms with E-state index in [4.69, 9.17) is 16.3 Å². The van der Waals surface area contributed by atoms with Gasteiger partial charge in [-0.05, 0) is 24.1 Å². The molecule has 0 radical (unpaired) electrons. The van der Waals surface area contributed by atoms with Gasteiger partial charge in [-0.15, -0.1) is 0 Å². The first-order valence-corrected chi connectivity index (χ1v) is 7.33. The van der Waals surface area contributed by atoms with Crippen molar-refractivity contribution in [2.75, 3.05) is 18.5 Å². The number of aliphatic hydroxyl groups is 1. The predicted molar refractivity (Wildman–Crippen MR) is 86.8 cm³/mol. The van der Waals surface area contributed by atoms with Crippen LogP contribution < -0.4 is 5.32 Å². The van der Waals surface area contributed by atoms with E-state index in [0.717, 1.165) is 16.8 Å². The standard InChI is InChI=1S/C17H20ClNO2/c1-13-6-5-9-16(18)17(13)19-10-15(20)12-21-11-14-7-3-2-4-8-14/h2-9,15,19-20H,10-12H2,1H3. The summed E-state index contributed by atoms with van der Waals surface area (Å²) in [6.45, 7) is 3.17. The zero-order valence-electron chi connectivity index (χ0n) is 12.1. The smallest absolute Gasteiger partial charge is 0.0945 e. The molecule has 0 fully saturated rings. The number of rotatable bonds is 7. The molecular weight excluding hydrogens is 286 g/mol. The number of benzene rings is 2. The van der Waals surface area contributed by atoms with E-state index in [1.807, 2.05) is 55.5 Å². The molecule has 0 spiro atoms. The van der Waals surface area contributed by atoms with Crippen LogP contribution >= 0.6 is 11.6 Å². The number of anilines is 1. The average Bonchev–Trinajstić information content (AvgIpc) is 2.48. The minimum Gasteiger partial charge on any atom is -0.389 e. The second-order valence-corrected chi connectivity index (χ2v) is 5.37. The second-order valence-electron chi connectivity index (χ2n) is 4.97. The van der Waals surface area contributed by atoms with Crippen molar-refractivity contribution in [1.29, 1.82) is 0 Å². The summed E-state index contributed by atoms with van der Waals surface area (Å²) in [6, 6.07) is 15.6. The third-order valence-corrected chi connectivity index (χ3v) is 3.47. The summed E-state index contributed by atoms with van der Waals surface area (Å²) in [4.78, 5) is 0. The van der Waals surface area contributed by atoms with Gasteiger partial charge in [0.25, 0.3) is 0 Å². The fourth-order valence-corrected chi connectivity index (χ4v) is 2.31. The topological polar surface area (TPSA) is 41.5 Å². The minimum absolute atomic E-state index is 0.283. The molecular formula is C17H20ClNO2. The molecule has 1 unspecified atom stereocenters. The molecule has 0 aromatic heterocycles. The molecule has 1 atom stereocenters. The van der Waals surface area contributed by atoms with Crippen molar-refractivity contribution >= 4 is 17.3 Å². The molecule has 0 aliphatic rings. The van der Waals surface area contributed by atoms with Crippen LogP contribution in [0.1, 0.15) is 11.1 Å². The maximum atomic E-state index is 9.94. The Balaban J connectivity index is 1.74. The van der Waals surface area contributed by atoms with Crippen LogP contribution in [0, 0.1) is 6.92 Å². The van der Waals surface area contributed by atoms with Gasteiger partial charge in [-0.3, -0.25) is 0 Å². The van der Waals surface area contributed by atoms with Crippen molar-refractivity contribution in [3.63, 3.8) is 0 Å². The SMILES string of the molecule is Cc1cccc(Cl)c1NCC(O)COCc1ccccc1. The van der Waals surface area contributed by atoms with Crippen LogP contribution in [-0.2, 0) is 11.3 Å². The molecule has 0 saturated carbocycles. The predicted octanol–water partition coefficient (Wildman–Crippen LogP) is 3.64. The number of ether oxygens (including phenoxy) is 1. The quantitative estimate of drug-likeness (QED) is 0.820. The van der Waals surface area contributed by atoms with Crippen LogP contribution in [0.5, 0.6) is 0 Å². The summed E-state index contributed by atoms with van der Waals surface area (Å²) >= 11 is 6.12. The highest BCUT2D eigenvalue weighted by Crippen LogP contribution is 2.24. The molecule has 0 aliphatic carbocycles. The molecule has 4 heteroatoms. The van der Waals surface area contributed by atoms with Crippen molar-refractivity contribution in [2.24, 2.45) is 0 Å². The van der Waals surface area contributed by atoms with Crippen LogP contribution in [0.15, 0.2) is 48.5 Å². The van der Waals surface area contributed by atoms with Gasteiger partial charge in [-0.1, -0.05) is 54.1 Å². The third kappa shape index (κ3) is 5.05. The molecule has 2 aromatic rings. The molecule has 3 nitrogen and oxygen atoms in total. The summed E-state index contributed by atoms with van der Waals surface area (Å²) in [7, 11) is 0. The van der Waals surface area contributed by atoms with E-state index >= 15 is 0 Å². The first-order chi connectivity index (χ1) is 10.2. The van der Waals surface area contributed by atoms with E-state index in [1.165, 1.54) is 0 Å². The molecule has 112 valence electrons. The van der Waals surface area contributed by atoms with Gasteiger partial charge in [0, 0.05) is 6.54 Å². The maximum absolute atomic E-state index is 9.94. The van der Waals surface area contributed by atoms with Gasteiger partial charge in [0.1, 0.15) is 0 Å². The van der Waals surface area contributed by atoms with Gasteiger partial charge in [-0.25, -0.2) is 0 Å². The van der Waals surface area contributed by atoms with Crippen molar-refractivity contribution in [1.82, 2.24) is 0 Å². The van der Waals surface area contributed by atoms with Crippen LogP contribution in [0.25, 0.3) is 0 Å². The van der Waals surface area contributed by atoms with Gasteiger partial charge in [0.05, 0.1) is 30.0 Å². The van der Waals surface area contributed by atoms with E-state index in [9.17, 15) is 5.11 Å². The van der Waals surface area contributed by atoms with Crippen LogP contribution in [0.4, 0.5) is 5.69 Å². The molecule has 2 N–H and O–H groups in total. The summed E-state index contributed by atoms with van der Waals surface area (Å²) in [6.07, 6.45) is -0.579. The summed E-state index contributed by atoms with van der Waals surface area (Å²) < 4.78 is 5.51. The monoisotopic (exact) mass is 305 g/mol. The Hall–Kier alpha value is -1.55. The first-order valence-electron chi connectivity index (χ1n) is 6.95. The second kappa shape index (κ2) is 8.03. The Morgan fingerprint density at radius 2 is 1.90 bits per heavy atom. The number of halogens is 1. The molecule has 0 bridgehead atoms.